The number of nitrogens with zero attached hydrogens (tertiary/aromatic N) is 3. The normalized spacial score (nSPS) is 12.4. The van der Waals surface area contributed by atoms with E-state index in [1.54, 1.807) is 0 Å². The fraction of sp³-hybridized carbons (Fsp3) is 0.385. The third-order valence-corrected chi connectivity index (χ3v) is 3.81. The Morgan fingerprint density at radius 1 is 1.29 bits per heavy atom. The molecule has 0 aliphatic rings. The van der Waals surface area contributed by atoms with Crippen LogP contribution in [0.4, 0.5) is 5.13 Å². The van der Waals surface area contributed by atoms with Crippen molar-refractivity contribution in [2.45, 2.75) is 26.3 Å². The molecule has 0 spiro atoms. The quantitative estimate of drug-likeness (QED) is 0.828. The van der Waals surface area contributed by atoms with E-state index in [4.69, 9.17) is 0 Å². The molecule has 0 amide bonds. The van der Waals surface area contributed by atoms with Crippen LogP contribution in [-0.2, 0) is 0 Å². The average Bonchev–Trinajstić information content (AvgIpc) is 2.87. The summed E-state index contributed by atoms with van der Waals surface area (Å²) in [5, 5.41) is 0.984. The molecule has 1 aromatic heterocycles. The minimum Gasteiger partial charge on any atom is -0.347 e. The molecule has 0 fully saturated rings. The lowest BCUT2D eigenvalue weighted by Crippen LogP contribution is -2.27. The maximum Gasteiger partial charge on any atom is 0.205 e. The van der Waals surface area contributed by atoms with Crippen molar-refractivity contribution in [3.05, 3.63) is 30.3 Å². The molecule has 0 aliphatic carbocycles. The molecule has 0 radical (unpaired) electrons. The van der Waals surface area contributed by atoms with E-state index >= 15 is 0 Å². The number of hydrogen-bond acceptors (Lipinski definition) is 4. The molecule has 0 bridgehead atoms. The van der Waals surface area contributed by atoms with Gasteiger partial charge in [-0.1, -0.05) is 37.3 Å². The largest absolute Gasteiger partial charge is 0.347 e. The Morgan fingerprint density at radius 2 is 2.00 bits per heavy atom. The second kappa shape index (κ2) is 5.27. The number of hydrogen-bond donors (Lipinski definition) is 0. The van der Waals surface area contributed by atoms with Crippen LogP contribution in [0.1, 0.15) is 20.3 Å². The van der Waals surface area contributed by atoms with E-state index in [-0.39, 0.29) is 0 Å². The molecular formula is C13H17N3S. The number of rotatable bonds is 4. The molecule has 1 atom stereocenters. The van der Waals surface area contributed by atoms with E-state index in [1.807, 2.05) is 30.3 Å². The Morgan fingerprint density at radius 3 is 2.65 bits per heavy atom. The molecule has 0 N–H and O–H groups in total. The zero-order valence-corrected chi connectivity index (χ0v) is 11.2. The summed E-state index contributed by atoms with van der Waals surface area (Å²) in [6.45, 7) is 4.38. The van der Waals surface area contributed by atoms with Crippen molar-refractivity contribution < 1.29 is 0 Å². The summed E-state index contributed by atoms with van der Waals surface area (Å²) < 4.78 is 4.41. The summed E-state index contributed by atoms with van der Waals surface area (Å²) in [5.74, 6) is 0.820. The Bertz CT molecular complexity index is 467. The molecule has 1 heterocycles. The molecule has 3 nitrogen and oxygen atoms in total. The first-order valence-electron chi connectivity index (χ1n) is 5.84. The fourth-order valence-electron chi connectivity index (χ4n) is 1.53. The lowest BCUT2D eigenvalue weighted by Gasteiger charge is -2.22. The van der Waals surface area contributed by atoms with Gasteiger partial charge in [0.2, 0.25) is 5.13 Å². The molecule has 0 saturated heterocycles. The summed E-state index contributed by atoms with van der Waals surface area (Å²) in [5.41, 5.74) is 1.08. The Kier molecular flexibility index (Phi) is 3.74. The smallest absolute Gasteiger partial charge is 0.205 e. The summed E-state index contributed by atoms with van der Waals surface area (Å²) in [6, 6.07) is 10.6. The van der Waals surface area contributed by atoms with Crippen molar-refractivity contribution in [3.63, 3.8) is 0 Å². The third-order valence-electron chi connectivity index (χ3n) is 3.00. The predicted molar refractivity (Wildman–Crippen MR) is 73.5 cm³/mol. The van der Waals surface area contributed by atoms with Gasteiger partial charge in [0.1, 0.15) is 0 Å². The van der Waals surface area contributed by atoms with Gasteiger partial charge in [-0.2, -0.15) is 9.36 Å². The van der Waals surface area contributed by atoms with Crippen molar-refractivity contribution in [2.24, 2.45) is 0 Å². The Labute approximate surface area is 106 Å². The number of aromatic nitrogens is 2. The van der Waals surface area contributed by atoms with Gasteiger partial charge in [0.15, 0.2) is 5.82 Å². The highest BCUT2D eigenvalue weighted by Gasteiger charge is 2.13. The summed E-state index contributed by atoms with van der Waals surface area (Å²) in [6.07, 6.45) is 1.11. The highest BCUT2D eigenvalue weighted by molar-refractivity contribution is 7.09. The molecule has 90 valence electrons. The maximum atomic E-state index is 4.58. The molecule has 2 aromatic rings. The standard InChI is InChI=1S/C13H17N3S/c1-4-10(2)16(3)13-14-12(15-17-13)11-8-6-5-7-9-11/h5-10H,4H2,1-3H3. The molecule has 2 rings (SSSR count). The van der Waals surface area contributed by atoms with Gasteiger partial charge in [0.05, 0.1) is 0 Å². The fourth-order valence-corrected chi connectivity index (χ4v) is 2.28. The molecule has 1 aromatic carbocycles. The third kappa shape index (κ3) is 2.64. The van der Waals surface area contributed by atoms with Crippen LogP contribution in [0.15, 0.2) is 30.3 Å². The number of anilines is 1. The first kappa shape index (κ1) is 12.0. The minimum absolute atomic E-state index is 0.492. The molecule has 0 aliphatic heterocycles. The molecule has 0 saturated carbocycles. The second-order valence-electron chi connectivity index (χ2n) is 4.13. The van der Waals surface area contributed by atoms with Gasteiger partial charge in [0.25, 0.3) is 0 Å². The van der Waals surface area contributed by atoms with Gasteiger partial charge in [-0.3, -0.25) is 0 Å². The highest BCUT2D eigenvalue weighted by atomic mass is 32.1. The maximum absolute atomic E-state index is 4.58. The second-order valence-corrected chi connectivity index (χ2v) is 4.87. The van der Waals surface area contributed by atoms with Gasteiger partial charge in [-0.05, 0) is 13.3 Å². The molecule has 4 heteroatoms. The molecular weight excluding hydrogens is 230 g/mol. The van der Waals surface area contributed by atoms with Crippen LogP contribution in [0, 0.1) is 0 Å². The van der Waals surface area contributed by atoms with Gasteiger partial charge in [-0.25, -0.2) is 0 Å². The van der Waals surface area contributed by atoms with E-state index in [9.17, 15) is 0 Å². The van der Waals surface area contributed by atoms with Crippen molar-refractivity contribution in [2.75, 3.05) is 11.9 Å². The predicted octanol–water partition coefficient (Wildman–Crippen LogP) is 3.44. The van der Waals surface area contributed by atoms with Crippen LogP contribution in [0.25, 0.3) is 11.4 Å². The van der Waals surface area contributed by atoms with Crippen molar-refractivity contribution in [1.82, 2.24) is 9.36 Å². The van der Waals surface area contributed by atoms with E-state index in [2.05, 4.69) is 35.2 Å². The van der Waals surface area contributed by atoms with Crippen LogP contribution < -0.4 is 4.90 Å². The van der Waals surface area contributed by atoms with Gasteiger partial charge < -0.3 is 4.90 Å². The average molecular weight is 247 g/mol. The van der Waals surface area contributed by atoms with Gasteiger partial charge in [0, 0.05) is 30.2 Å². The molecule has 17 heavy (non-hydrogen) atoms. The Balaban J connectivity index is 2.22. The zero-order chi connectivity index (χ0) is 12.3. The van der Waals surface area contributed by atoms with Crippen LogP contribution in [0.3, 0.4) is 0 Å². The Hall–Kier alpha value is -1.42. The van der Waals surface area contributed by atoms with E-state index in [0.717, 1.165) is 22.9 Å². The first-order valence-corrected chi connectivity index (χ1v) is 6.61. The summed E-state index contributed by atoms with van der Waals surface area (Å²) >= 11 is 1.46. The first-order chi connectivity index (χ1) is 8.22. The topological polar surface area (TPSA) is 29.0 Å². The monoisotopic (exact) mass is 247 g/mol. The molecule has 1 unspecified atom stereocenters. The van der Waals surface area contributed by atoms with E-state index in [0.29, 0.717) is 6.04 Å². The van der Waals surface area contributed by atoms with E-state index < -0.39 is 0 Å². The van der Waals surface area contributed by atoms with Crippen LogP contribution >= 0.6 is 11.5 Å². The zero-order valence-electron chi connectivity index (χ0n) is 10.4. The minimum atomic E-state index is 0.492. The van der Waals surface area contributed by atoms with E-state index in [1.165, 1.54) is 11.5 Å². The van der Waals surface area contributed by atoms with Crippen LogP contribution in [0.5, 0.6) is 0 Å². The SMILES string of the molecule is CCC(C)N(C)c1nc(-c2ccccc2)ns1. The lowest BCUT2D eigenvalue weighted by atomic mass is 10.2. The van der Waals surface area contributed by atoms with Crippen molar-refractivity contribution >= 4 is 16.7 Å². The summed E-state index contributed by atoms with van der Waals surface area (Å²) in [7, 11) is 2.07. The van der Waals surface area contributed by atoms with Gasteiger partial charge >= 0.3 is 0 Å². The lowest BCUT2D eigenvalue weighted by molar-refractivity contribution is 0.662. The summed E-state index contributed by atoms with van der Waals surface area (Å²) in [4.78, 5) is 6.77. The van der Waals surface area contributed by atoms with Crippen LogP contribution in [-0.4, -0.2) is 22.4 Å². The van der Waals surface area contributed by atoms with Crippen molar-refractivity contribution in [1.29, 1.82) is 0 Å². The highest BCUT2D eigenvalue weighted by Crippen LogP contribution is 2.24. The van der Waals surface area contributed by atoms with Crippen LogP contribution in [0.2, 0.25) is 0 Å². The van der Waals surface area contributed by atoms with Gasteiger partial charge in [-0.15, -0.1) is 0 Å². The van der Waals surface area contributed by atoms with Crippen molar-refractivity contribution in [3.8, 4) is 11.4 Å². The number of benzene rings is 1.